The van der Waals surface area contributed by atoms with Gasteiger partial charge in [0.15, 0.2) is 6.29 Å². The van der Waals surface area contributed by atoms with Crippen LogP contribution in [0.2, 0.25) is 0 Å². The van der Waals surface area contributed by atoms with Crippen molar-refractivity contribution in [2.75, 3.05) is 6.61 Å². The summed E-state index contributed by atoms with van der Waals surface area (Å²) in [7, 11) is 0. The van der Waals surface area contributed by atoms with Gasteiger partial charge in [-0.1, -0.05) is 117 Å². The fraction of sp³-hybridized carbons (Fsp3) is 1.00. The first-order valence-corrected chi connectivity index (χ1v) is 14.2. The van der Waals surface area contributed by atoms with Gasteiger partial charge in [0.25, 0.3) is 0 Å². The van der Waals surface area contributed by atoms with Crippen LogP contribution in [0, 0.1) is 5.92 Å². The largest absolute Gasteiger partial charge is 0.390 e. The third kappa shape index (κ3) is 14.9. The number of ether oxygens (including phenoxy) is 2. The first-order chi connectivity index (χ1) is 15.6. The molecule has 0 saturated carbocycles. The molecule has 4 nitrogen and oxygen atoms in total. The van der Waals surface area contributed by atoms with Crippen molar-refractivity contribution in [3.8, 4) is 0 Å². The van der Waals surface area contributed by atoms with Gasteiger partial charge in [0, 0.05) is 6.42 Å². The van der Waals surface area contributed by atoms with Gasteiger partial charge in [0.1, 0.15) is 6.10 Å². The third-order valence-corrected chi connectivity index (χ3v) is 7.13. The van der Waals surface area contributed by atoms with Gasteiger partial charge in [0.05, 0.1) is 18.8 Å². The minimum absolute atomic E-state index is 0.369. The molecule has 1 saturated heterocycles. The van der Waals surface area contributed by atoms with Crippen LogP contribution in [0.1, 0.15) is 143 Å². The molecule has 0 aliphatic carbocycles. The minimum Gasteiger partial charge on any atom is -0.390 e. The van der Waals surface area contributed by atoms with Crippen LogP contribution < -0.4 is 0 Å². The van der Waals surface area contributed by atoms with E-state index in [9.17, 15) is 10.2 Å². The lowest BCUT2D eigenvalue weighted by molar-refractivity contribution is -0.249. The second kappa shape index (κ2) is 20.2. The van der Waals surface area contributed by atoms with Gasteiger partial charge < -0.3 is 19.7 Å². The summed E-state index contributed by atoms with van der Waals surface area (Å²) >= 11 is 0. The molecule has 0 amide bonds. The maximum Gasteiger partial charge on any atom is 0.160 e. The van der Waals surface area contributed by atoms with E-state index in [1.165, 1.54) is 116 Å². The summed E-state index contributed by atoms with van der Waals surface area (Å²) in [6.07, 6.45) is 22.3. The molecule has 1 aliphatic rings. The Balaban J connectivity index is 2.23. The summed E-state index contributed by atoms with van der Waals surface area (Å²) in [4.78, 5) is 0. The summed E-state index contributed by atoms with van der Waals surface area (Å²) in [6, 6.07) is 0. The van der Waals surface area contributed by atoms with Crippen molar-refractivity contribution < 1.29 is 19.7 Å². The molecule has 1 fully saturated rings. The normalized spacial score (nSPS) is 24.7. The van der Waals surface area contributed by atoms with Gasteiger partial charge >= 0.3 is 0 Å². The van der Waals surface area contributed by atoms with Gasteiger partial charge in [-0.25, -0.2) is 0 Å². The first-order valence-electron chi connectivity index (χ1n) is 14.2. The Morgan fingerprint density at radius 3 is 1.59 bits per heavy atom. The van der Waals surface area contributed by atoms with E-state index in [0.717, 1.165) is 0 Å². The van der Waals surface area contributed by atoms with E-state index >= 15 is 0 Å². The Bertz CT molecular complexity index is 391. The van der Waals surface area contributed by atoms with Crippen molar-refractivity contribution in [2.24, 2.45) is 5.92 Å². The molecule has 32 heavy (non-hydrogen) atoms. The van der Waals surface area contributed by atoms with Crippen molar-refractivity contribution in [1.82, 2.24) is 0 Å². The van der Waals surface area contributed by atoms with Crippen LogP contribution >= 0.6 is 0 Å². The molecule has 0 aromatic heterocycles. The lowest BCUT2D eigenvalue weighted by Gasteiger charge is -2.35. The first kappa shape index (κ1) is 29.9. The van der Waals surface area contributed by atoms with Crippen LogP contribution in [0.15, 0.2) is 0 Å². The molecule has 2 N–H and O–H groups in total. The predicted octanol–water partition coefficient (Wildman–Crippen LogP) is 7.54. The summed E-state index contributed by atoms with van der Waals surface area (Å²) in [5.41, 5.74) is 0. The maximum absolute atomic E-state index is 10.0. The molecular formula is C28H56O4. The fourth-order valence-electron chi connectivity index (χ4n) is 4.82. The van der Waals surface area contributed by atoms with Crippen molar-refractivity contribution in [1.29, 1.82) is 0 Å². The quantitative estimate of drug-likeness (QED) is 0.175. The van der Waals surface area contributed by atoms with Crippen LogP contribution in [0.4, 0.5) is 0 Å². The van der Waals surface area contributed by atoms with E-state index in [1.807, 2.05) is 0 Å². The second-order valence-electron chi connectivity index (χ2n) is 10.3. The highest BCUT2D eigenvalue weighted by Crippen LogP contribution is 2.24. The van der Waals surface area contributed by atoms with Crippen molar-refractivity contribution >= 4 is 0 Å². The highest BCUT2D eigenvalue weighted by molar-refractivity contribution is 4.80. The Kier molecular flexibility index (Phi) is 18.9. The topological polar surface area (TPSA) is 58.9 Å². The molecule has 1 aliphatic heterocycles. The average molecular weight is 457 g/mol. The lowest BCUT2D eigenvalue weighted by atomic mass is 9.94. The number of aliphatic hydroxyl groups excluding tert-OH is 2. The molecule has 0 bridgehead atoms. The molecular weight excluding hydrogens is 400 g/mol. The summed E-state index contributed by atoms with van der Waals surface area (Å²) < 4.78 is 11.8. The molecule has 1 heterocycles. The van der Waals surface area contributed by atoms with E-state index in [-0.39, 0.29) is 12.4 Å². The van der Waals surface area contributed by atoms with Crippen molar-refractivity contribution in [3.05, 3.63) is 0 Å². The van der Waals surface area contributed by atoms with E-state index in [4.69, 9.17) is 9.47 Å². The van der Waals surface area contributed by atoms with E-state index in [0.29, 0.717) is 18.9 Å². The Morgan fingerprint density at radius 1 is 0.719 bits per heavy atom. The smallest absolute Gasteiger partial charge is 0.160 e. The van der Waals surface area contributed by atoms with Crippen LogP contribution in [0.25, 0.3) is 0 Å². The molecule has 0 radical (unpaired) electrons. The fourth-order valence-corrected chi connectivity index (χ4v) is 4.82. The number of hydrogen-bond donors (Lipinski definition) is 2. The van der Waals surface area contributed by atoms with Gasteiger partial charge in [-0.15, -0.1) is 0 Å². The molecule has 1 rings (SSSR count). The Labute approximate surface area is 199 Å². The summed E-state index contributed by atoms with van der Waals surface area (Å²) in [6.45, 7) is 7.07. The van der Waals surface area contributed by atoms with E-state index in [2.05, 4.69) is 13.8 Å². The van der Waals surface area contributed by atoms with E-state index in [1.54, 1.807) is 6.92 Å². The molecule has 0 spiro atoms. The van der Waals surface area contributed by atoms with E-state index < -0.39 is 12.2 Å². The zero-order chi connectivity index (χ0) is 23.4. The third-order valence-electron chi connectivity index (χ3n) is 7.13. The monoisotopic (exact) mass is 456 g/mol. The summed E-state index contributed by atoms with van der Waals surface area (Å²) in [5.74, 6) is 0.582. The van der Waals surface area contributed by atoms with Crippen LogP contribution in [0.3, 0.4) is 0 Å². The summed E-state index contributed by atoms with van der Waals surface area (Å²) in [5, 5.41) is 19.9. The van der Waals surface area contributed by atoms with Gasteiger partial charge in [-0.05, 0) is 25.7 Å². The maximum atomic E-state index is 10.0. The second-order valence-corrected chi connectivity index (χ2v) is 10.3. The number of rotatable bonds is 21. The van der Waals surface area contributed by atoms with Crippen molar-refractivity contribution in [3.63, 3.8) is 0 Å². The molecule has 192 valence electrons. The van der Waals surface area contributed by atoms with Gasteiger partial charge in [0.2, 0.25) is 0 Å². The number of hydrogen-bond acceptors (Lipinski definition) is 4. The standard InChI is InChI=1S/C28H56O4/c1-4-6-8-10-12-13-14-15-17-19-21-25(20-18-16-11-9-7-5-2)23-31-27-22-26(29)28(30)24(3)32-27/h24-30H,4-23H2,1-3H3. The average Bonchev–Trinajstić information content (AvgIpc) is 2.78. The Hall–Kier alpha value is -0.160. The number of unbranched alkanes of at least 4 members (excludes halogenated alkanes) is 14. The molecule has 4 heteroatoms. The molecule has 5 atom stereocenters. The van der Waals surface area contributed by atoms with Crippen LogP contribution in [-0.2, 0) is 9.47 Å². The zero-order valence-corrected chi connectivity index (χ0v) is 21.7. The molecule has 0 aromatic rings. The Morgan fingerprint density at radius 2 is 1.16 bits per heavy atom. The van der Waals surface area contributed by atoms with Crippen LogP contribution in [0.5, 0.6) is 0 Å². The van der Waals surface area contributed by atoms with Gasteiger partial charge in [-0.2, -0.15) is 0 Å². The molecule has 5 unspecified atom stereocenters. The SMILES string of the molecule is CCCCCCCCCCCCC(CCCCCCCC)COC1CC(O)C(O)C(C)O1. The lowest BCUT2D eigenvalue weighted by Crippen LogP contribution is -2.47. The predicted molar refractivity (Wildman–Crippen MR) is 135 cm³/mol. The molecule has 0 aromatic carbocycles. The minimum atomic E-state index is -0.805. The van der Waals surface area contributed by atoms with Crippen LogP contribution in [-0.4, -0.2) is 41.4 Å². The highest BCUT2D eigenvalue weighted by atomic mass is 16.7. The highest BCUT2D eigenvalue weighted by Gasteiger charge is 2.34. The van der Waals surface area contributed by atoms with Crippen molar-refractivity contribution in [2.45, 2.75) is 167 Å². The zero-order valence-electron chi connectivity index (χ0n) is 21.7. The number of aliphatic hydroxyl groups is 2. The van der Waals surface area contributed by atoms with Gasteiger partial charge in [-0.3, -0.25) is 0 Å².